The zero-order valence-electron chi connectivity index (χ0n) is 27.5. The molecule has 0 bridgehead atoms. The van der Waals surface area contributed by atoms with Gasteiger partial charge in [-0.15, -0.1) is 0 Å². The molecule has 0 spiro atoms. The first-order valence-electron chi connectivity index (χ1n) is 16.1. The Morgan fingerprint density at radius 3 is 2.38 bits per heavy atom. The molecular weight excluding hydrogens is 649 g/mol. The Balaban J connectivity index is 1.07. The Morgan fingerprint density at radius 2 is 1.70 bits per heavy atom. The average molecular weight is 681 g/mol. The predicted octanol–water partition coefficient (Wildman–Crippen LogP) is 2.08. The molecule has 0 aliphatic carbocycles. The summed E-state index contributed by atoms with van der Waals surface area (Å²) in [6, 6.07) is 13.2. The molecule has 1 atom stereocenters. The van der Waals surface area contributed by atoms with Gasteiger partial charge in [-0.25, -0.2) is 14.6 Å². The number of esters is 1. The van der Waals surface area contributed by atoms with Gasteiger partial charge < -0.3 is 33.2 Å². The molecule has 0 radical (unpaired) electrons. The minimum Gasteiger partial charge on any atom is -0.494 e. The first-order valence-corrected chi connectivity index (χ1v) is 16.1. The van der Waals surface area contributed by atoms with E-state index < -0.39 is 36.8 Å². The number of pyridine rings is 2. The quantitative estimate of drug-likeness (QED) is 0.157. The topological polar surface area (TPSA) is 173 Å². The summed E-state index contributed by atoms with van der Waals surface area (Å²) in [7, 11) is 0.432. The van der Waals surface area contributed by atoms with Gasteiger partial charge in [0.1, 0.15) is 19.0 Å². The molecule has 256 valence electrons. The van der Waals surface area contributed by atoms with E-state index in [4.69, 9.17) is 28.5 Å². The number of aromatic nitrogens is 2. The summed E-state index contributed by atoms with van der Waals surface area (Å²) in [5.41, 5.74) is 2.74. The first-order chi connectivity index (χ1) is 24.0. The number of likely N-dealkylation sites (N-methyl/N-ethyl adjacent to an activating group) is 1. The van der Waals surface area contributed by atoms with Crippen molar-refractivity contribution >= 4 is 47.5 Å². The third-order valence-electron chi connectivity index (χ3n) is 9.22. The van der Waals surface area contributed by atoms with Gasteiger partial charge in [0.15, 0.2) is 5.60 Å². The van der Waals surface area contributed by atoms with Crippen molar-refractivity contribution in [1.82, 2.24) is 14.5 Å². The van der Waals surface area contributed by atoms with Crippen LogP contribution in [0.2, 0.25) is 0 Å². The minimum atomic E-state index is -1.92. The highest BCUT2D eigenvalue weighted by Crippen LogP contribution is 2.40. The Hall–Kier alpha value is -5.54. The van der Waals surface area contributed by atoms with E-state index in [0.29, 0.717) is 34.4 Å². The summed E-state index contributed by atoms with van der Waals surface area (Å²) in [6.45, 7) is 3.47. The summed E-state index contributed by atoms with van der Waals surface area (Å²) < 4.78 is 28.1. The summed E-state index contributed by atoms with van der Waals surface area (Å²) in [5.74, 6) is -1.60. The molecule has 50 heavy (non-hydrogen) atoms. The summed E-state index contributed by atoms with van der Waals surface area (Å²) in [6.07, 6.45) is -0.296. The predicted molar refractivity (Wildman–Crippen MR) is 176 cm³/mol. The zero-order chi connectivity index (χ0) is 35.3. The molecule has 3 aliphatic rings. The third kappa shape index (κ3) is 5.77. The van der Waals surface area contributed by atoms with Gasteiger partial charge in [0.2, 0.25) is 0 Å². The van der Waals surface area contributed by atoms with Crippen molar-refractivity contribution in [2.45, 2.75) is 52.0 Å². The number of hydrogen-bond donors (Lipinski definition) is 1. The lowest BCUT2D eigenvalue weighted by Crippen LogP contribution is -2.47. The average Bonchev–Trinajstić information content (AvgIpc) is 3.45. The van der Waals surface area contributed by atoms with E-state index in [0.717, 1.165) is 16.5 Å². The molecule has 7 rings (SSSR count). The van der Waals surface area contributed by atoms with Crippen LogP contribution < -0.4 is 15.8 Å². The summed E-state index contributed by atoms with van der Waals surface area (Å²) >= 11 is 0. The highest BCUT2D eigenvalue weighted by Gasteiger charge is 2.45. The van der Waals surface area contributed by atoms with Crippen LogP contribution in [-0.4, -0.2) is 70.9 Å². The molecule has 14 nitrogen and oxygen atoms in total. The number of aryl methyl sites for hydroxylation is 1. The van der Waals surface area contributed by atoms with E-state index >= 15 is 0 Å². The number of hydrogen-bond acceptors (Lipinski definition) is 13. The van der Waals surface area contributed by atoms with Crippen molar-refractivity contribution < 1.29 is 47.8 Å². The van der Waals surface area contributed by atoms with Crippen molar-refractivity contribution in [3.63, 3.8) is 0 Å². The Bertz CT molecular complexity index is 2130. The normalized spacial score (nSPS) is 18.6. The highest BCUT2D eigenvalue weighted by molar-refractivity contribution is 6.64. The van der Waals surface area contributed by atoms with Crippen LogP contribution in [0.4, 0.5) is 4.79 Å². The largest absolute Gasteiger partial charge is 0.636 e. The number of aliphatic hydroxyl groups is 1. The Kier molecular flexibility index (Phi) is 8.40. The van der Waals surface area contributed by atoms with Gasteiger partial charge in [-0.1, -0.05) is 38.1 Å². The van der Waals surface area contributed by atoms with Crippen molar-refractivity contribution in [3.05, 3.63) is 86.7 Å². The molecule has 2 aromatic heterocycles. The van der Waals surface area contributed by atoms with Gasteiger partial charge in [-0.2, -0.15) is 0 Å². The number of carbonyl (C=O) groups excluding carboxylic acids is 4. The van der Waals surface area contributed by atoms with E-state index in [2.05, 4.69) is 0 Å². The highest BCUT2D eigenvalue weighted by atomic mass is 16.7. The number of cyclic esters (lactones) is 1. The fraction of sp³-hybridized carbons (Fsp3) is 0.314. The van der Waals surface area contributed by atoms with Crippen LogP contribution in [0.15, 0.2) is 53.3 Å². The molecule has 15 heteroatoms. The molecule has 0 saturated carbocycles. The maximum Gasteiger partial charge on any atom is 0.636 e. The van der Waals surface area contributed by atoms with Crippen molar-refractivity contribution in [3.8, 4) is 17.1 Å². The lowest BCUT2D eigenvalue weighted by Gasteiger charge is -2.31. The maximum atomic E-state index is 13.6. The lowest BCUT2D eigenvalue weighted by molar-refractivity contribution is -0.172. The van der Waals surface area contributed by atoms with Crippen LogP contribution in [0.3, 0.4) is 0 Å². The first kappa shape index (κ1) is 33.0. The second-order valence-corrected chi connectivity index (χ2v) is 12.4. The molecular formula is C35H32BN3O11. The SMILES string of the molecule is CCc1c2c(nc3ccc(OC(=O)OCc4ccc(B5OC(=O)CN(C)CC(=O)O5)cc4)cc13)-c1cc3c(c(=O)n1C2)COC(=O)[C@]3(O)CC. The van der Waals surface area contributed by atoms with Crippen LogP contribution in [0.1, 0.15) is 48.1 Å². The van der Waals surface area contributed by atoms with Crippen LogP contribution >= 0.6 is 0 Å². The van der Waals surface area contributed by atoms with Crippen molar-refractivity contribution in [2.24, 2.45) is 0 Å². The van der Waals surface area contributed by atoms with Crippen LogP contribution in [0.5, 0.6) is 5.75 Å². The van der Waals surface area contributed by atoms with Gasteiger partial charge in [-0.05, 0) is 55.3 Å². The van der Waals surface area contributed by atoms with E-state index in [1.807, 2.05) is 6.92 Å². The standard InChI is InChI=1S/C35H32BN3O11/c1-4-22-23-12-21(48-34(44)47-17-19-6-8-20(9-7-19)36-49-29(40)15-38(3)16-30(41)50-36)10-11-27(23)37-31-24(22)14-39-28(31)13-26-25(32(39)42)18-46-33(43)35(26,45)5-2/h6-13,45H,4-5,14-18H2,1-3H3/t35-/m0/s1. The number of ether oxygens (including phenoxy) is 3. The molecule has 2 aromatic carbocycles. The van der Waals surface area contributed by atoms with E-state index in [1.54, 1.807) is 67.1 Å². The summed E-state index contributed by atoms with van der Waals surface area (Å²) in [5, 5.41) is 11.9. The monoisotopic (exact) mass is 681 g/mol. The van der Waals surface area contributed by atoms with Gasteiger partial charge in [0.25, 0.3) is 5.56 Å². The molecule has 1 N–H and O–H groups in total. The molecule has 1 fully saturated rings. The molecule has 0 amide bonds. The van der Waals surface area contributed by atoms with E-state index in [-0.39, 0.29) is 61.7 Å². The summed E-state index contributed by atoms with van der Waals surface area (Å²) in [4.78, 5) is 69.3. The smallest absolute Gasteiger partial charge is 0.494 e. The fourth-order valence-electron chi connectivity index (χ4n) is 6.62. The van der Waals surface area contributed by atoms with Gasteiger partial charge >= 0.3 is 31.2 Å². The lowest BCUT2D eigenvalue weighted by atomic mass is 9.78. The molecule has 4 aromatic rings. The zero-order valence-corrected chi connectivity index (χ0v) is 27.5. The number of fused-ring (bicyclic) bond motifs is 5. The Labute approximate surface area is 285 Å². The second-order valence-electron chi connectivity index (χ2n) is 12.4. The van der Waals surface area contributed by atoms with Crippen LogP contribution in [0, 0.1) is 0 Å². The van der Waals surface area contributed by atoms with Crippen LogP contribution in [-0.2, 0) is 64.9 Å². The molecule has 0 unspecified atom stereocenters. The van der Waals surface area contributed by atoms with E-state index in [9.17, 15) is 29.1 Å². The van der Waals surface area contributed by atoms with Crippen molar-refractivity contribution in [2.75, 3.05) is 20.1 Å². The third-order valence-corrected chi connectivity index (χ3v) is 9.22. The number of nitrogens with zero attached hydrogens (tertiary/aromatic N) is 3. The van der Waals surface area contributed by atoms with Gasteiger partial charge in [0, 0.05) is 22.0 Å². The Morgan fingerprint density at radius 1 is 0.980 bits per heavy atom. The van der Waals surface area contributed by atoms with Crippen LogP contribution in [0.25, 0.3) is 22.3 Å². The van der Waals surface area contributed by atoms with Gasteiger partial charge in [0.05, 0.1) is 42.1 Å². The fourth-order valence-corrected chi connectivity index (χ4v) is 6.62. The minimum absolute atomic E-state index is 0.0439. The number of carbonyl (C=O) groups is 4. The van der Waals surface area contributed by atoms with Gasteiger partial charge in [-0.3, -0.25) is 19.3 Å². The van der Waals surface area contributed by atoms with Crippen molar-refractivity contribution in [1.29, 1.82) is 0 Å². The second kappa shape index (κ2) is 12.7. The number of benzene rings is 2. The molecule has 1 saturated heterocycles. The number of rotatable bonds is 6. The maximum absolute atomic E-state index is 13.6. The molecule has 3 aliphatic heterocycles. The molecule has 5 heterocycles. The van der Waals surface area contributed by atoms with E-state index in [1.165, 1.54) is 4.90 Å².